The maximum absolute atomic E-state index is 11.4. The summed E-state index contributed by atoms with van der Waals surface area (Å²) < 4.78 is 12.6. The van der Waals surface area contributed by atoms with Gasteiger partial charge in [0.2, 0.25) is 0 Å². The molecule has 0 bridgehead atoms. The number of halogens is 2. The van der Waals surface area contributed by atoms with Gasteiger partial charge in [0.25, 0.3) is 5.69 Å². The van der Waals surface area contributed by atoms with Gasteiger partial charge in [-0.15, -0.1) is 0 Å². The third kappa shape index (κ3) is 4.39. The molecule has 1 aliphatic carbocycles. The number of fused-ring (bicyclic) bond motifs is 3. The van der Waals surface area contributed by atoms with Crippen LogP contribution >= 0.6 is 27.5 Å². The number of nitrogens with zero attached hydrogens (tertiary/aromatic N) is 1. The van der Waals surface area contributed by atoms with Gasteiger partial charge in [0.05, 0.1) is 22.5 Å². The number of benzene rings is 3. The van der Waals surface area contributed by atoms with Crippen LogP contribution in [-0.4, -0.2) is 12.0 Å². The number of anilines is 1. The number of non-ortho nitro benzene ring substituents is 1. The van der Waals surface area contributed by atoms with Gasteiger partial charge in [-0.3, -0.25) is 10.1 Å². The molecule has 6 nitrogen and oxygen atoms in total. The van der Waals surface area contributed by atoms with E-state index in [0.717, 1.165) is 38.8 Å². The van der Waals surface area contributed by atoms with Crippen molar-refractivity contribution in [2.45, 2.75) is 31.9 Å². The summed E-state index contributed by atoms with van der Waals surface area (Å²) in [7, 11) is 1.63. The van der Waals surface area contributed by atoms with Gasteiger partial charge in [0, 0.05) is 34.3 Å². The summed E-state index contributed by atoms with van der Waals surface area (Å²) in [5, 5.41) is 15.8. The topological polar surface area (TPSA) is 73.6 Å². The molecule has 3 atom stereocenters. The number of allylic oxidation sites excluding steroid dienone is 2. The first-order valence-corrected chi connectivity index (χ1v) is 12.5. The Labute approximate surface area is 217 Å². The van der Waals surface area contributed by atoms with E-state index in [4.69, 9.17) is 21.1 Å². The van der Waals surface area contributed by atoms with Gasteiger partial charge in [-0.25, -0.2) is 0 Å². The molecule has 5 rings (SSSR count). The number of aryl methyl sites for hydroxylation is 1. The van der Waals surface area contributed by atoms with Crippen LogP contribution in [0.2, 0.25) is 5.02 Å². The molecule has 0 saturated heterocycles. The summed E-state index contributed by atoms with van der Waals surface area (Å²) in [5.74, 6) is 1.57. The number of ether oxygens (including phenoxy) is 2. The molecule has 3 aromatic rings. The van der Waals surface area contributed by atoms with Crippen LogP contribution < -0.4 is 14.8 Å². The molecule has 1 heterocycles. The molecule has 0 amide bonds. The minimum absolute atomic E-state index is 0.00507. The SMILES string of the molecule is COc1cc([C@@H]2Nc3c(C)cc([N+](=O)[O-])cc3[C@H]3C=CC[C@H]32)cc(Br)c1OCc1ccccc1Cl. The van der Waals surface area contributed by atoms with Gasteiger partial charge in [0.1, 0.15) is 6.61 Å². The van der Waals surface area contributed by atoms with Crippen molar-refractivity contribution in [1.29, 1.82) is 0 Å². The van der Waals surface area contributed by atoms with Crippen molar-refractivity contribution < 1.29 is 14.4 Å². The fourth-order valence-corrected chi connectivity index (χ4v) is 5.89. The second-order valence-electron chi connectivity index (χ2n) is 8.87. The highest BCUT2D eigenvalue weighted by molar-refractivity contribution is 9.10. The Morgan fingerprint density at radius 3 is 2.77 bits per heavy atom. The first kappa shape index (κ1) is 23.7. The number of nitro benzene ring substituents is 1. The lowest BCUT2D eigenvalue weighted by atomic mass is 9.76. The molecule has 35 heavy (non-hydrogen) atoms. The van der Waals surface area contributed by atoms with E-state index in [2.05, 4.69) is 39.5 Å². The van der Waals surface area contributed by atoms with E-state index in [1.807, 2.05) is 37.3 Å². The van der Waals surface area contributed by atoms with Crippen LogP contribution in [0.5, 0.6) is 11.5 Å². The zero-order chi connectivity index (χ0) is 24.7. The Balaban J connectivity index is 1.49. The normalized spacial score (nSPS) is 20.1. The molecule has 0 aromatic heterocycles. The van der Waals surface area contributed by atoms with Gasteiger partial charge in [-0.2, -0.15) is 0 Å². The molecule has 180 valence electrons. The van der Waals surface area contributed by atoms with Gasteiger partial charge in [-0.1, -0.05) is 42.0 Å². The van der Waals surface area contributed by atoms with Gasteiger partial charge >= 0.3 is 0 Å². The van der Waals surface area contributed by atoms with Gasteiger partial charge in [-0.05, 0) is 70.1 Å². The van der Waals surface area contributed by atoms with Crippen LogP contribution in [0.15, 0.2) is 65.2 Å². The van der Waals surface area contributed by atoms with Crippen LogP contribution in [0.4, 0.5) is 11.4 Å². The van der Waals surface area contributed by atoms with Gasteiger partial charge < -0.3 is 14.8 Å². The lowest BCUT2D eigenvalue weighted by molar-refractivity contribution is -0.385. The Morgan fingerprint density at radius 2 is 2.03 bits per heavy atom. The molecule has 3 aromatic carbocycles. The van der Waals surface area contributed by atoms with Crippen molar-refractivity contribution in [2.75, 3.05) is 12.4 Å². The first-order valence-electron chi connectivity index (χ1n) is 11.3. The first-order chi connectivity index (χ1) is 16.9. The quantitative estimate of drug-likeness (QED) is 0.191. The summed E-state index contributed by atoms with van der Waals surface area (Å²) in [4.78, 5) is 11.1. The standard InChI is InChI=1S/C27H24BrClN2O4/c1-15-10-18(31(32)33)13-21-19-7-5-8-20(19)26(30-25(15)21)17-11-22(28)27(24(12-17)34-2)35-14-16-6-3-4-9-23(16)29/h3-7,9-13,19-20,26,30H,8,14H2,1-2H3/t19-,20+,26-/m0/s1. The van der Waals surface area contributed by atoms with Crippen molar-refractivity contribution in [1.82, 2.24) is 0 Å². The van der Waals surface area contributed by atoms with Crippen molar-refractivity contribution in [2.24, 2.45) is 5.92 Å². The number of methoxy groups -OCH3 is 1. The monoisotopic (exact) mass is 554 g/mol. The molecule has 1 N–H and O–H groups in total. The maximum Gasteiger partial charge on any atom is 0.270 e. The molecule has 1 aliphatic heterocycles. The van der Waals surface area contributed by atoms with Crippen LogP contribution in [-0.2, 0) is 6.61 Å². The molecule has 2 aliphatic rings. The molecular formula is C27H24BrClN2O4. The highest BCUT2D eigenvalue weighted by atomic mass is 79.9. The average molecular weight is 556 g/mol. The highest BCUT2D eigenvalue weighted by Gasteiger charge is 2.40. The smallest absolute Gasteiger partial charge is 0.270 e. The number of nitrogens with one attached hydrogen (secondary N) is 1. The molecular weight excluding hydrogens is 532 g/mol. The van der Waals surface area contributed by atoms with E-state index in [1.165, 1.54) is 0 Å². The molecule has 8 heteroatoms. The Hall–Kier alpha value is -3.03. The largest absolute Gasteiger partial charge is 0.493 e. The summed E-state index contributed by atoms with van der Waals surface area (Å²) >= 11 is 9.97. The summed E-state index contributed by atoms with van der Waals surface area (Å²) in [6.07, 6.45) is 5.22. The number of nitro groups is 1. The summed E-state index contributed by atoms with van der Waals surface area (Å²) in [5.41, 5.74) is 4.89. The lowest BCUT2D eigenvalue weighted by Gasteiger charge is -2.38. The predicted octanol–water partition coefficient (Wildman–Crippen LogP) is 7.73. The third-order valence-corrected chi connectivity index (χ3v) is 7.76. The molecule has 0 fully saturated rings. The fraction of sp³-hybridized carbons (Fsp3) is 0.259. The van der Waals surface area contributed by atoms with E-state index in [9.17, 15) is 10.1 Å². The van der Waals surface area contributed by atoms with Crippen LogP contribution in [0.3, 0.4) is 0 Å². The molecule has 0 spiro atoms. The van der Waals surface area contributed by atoms with Crippen molar-refractivity contribution in [3.8, 4) is 11.5 Å². The third-order valence-electron chi connectivity index (χ3n) is 6.80. The predicted molar refractivity (Wildman–Crippen MR) is 141 cm³/mol. The second kappa shape index (κ2) is 9.55. The Kier molecular flexibility index (Phi) is 6.47. The molecule has 0 radical (unpaired) electrons. The highest BCUT2D eigenvalue weighted by Crippen LogP contribution is 2.52. The van der Waals surface area contributed by atoms with E-state index < -0.39 is 0 Å². The second-order valence-corrected chi connectivity index (χ2v) is 10.1. The maximum atomic E-state index is 11.4. The number of hydrogen-bond donors (Lipinski definition) is 1. The van der Waals surface area contributed by atoms with E-state index in [1.54, 1.807) is 19.2 Å². The van der Waals surface area contributed by atoms with E-state index >= 15 is 0 Å². The van der Waals surface area contributed by atoms with Crippen LogP contribution in [0.25, 0.3) is 0 Å². The summed E-state index contributed by atoms with van der Waals surface area (Å²) in [6, 6.07) is 15.0. The number of hydrogen-bond acceptors (Lipinski definition) is 5. The Morgan fingerprint density at radius 1 is 1.23 bits per heavy atom. The zero-order valence-corrected chi connectivity index (χ0v) is 21.6. The lowest BCUT2D eigenvalue weighted by Crippen LogP contribution is -2.29. The van der Waals surface area contributed by atoms with Crippen LogP contribution in [0.1, 0.15) is 40.6 Å². The van der Waals surface area contributed by atoms with E-state index in [0.29, 0.717) is 23.1 Å². The van der Waals surface area contributed by atoms with Crippen molar-refractivity contribution >= 4 is 38.9 Å². The molecule has 0 unspecified atom stereocenters. The van der Waals surface area contributed by atoms with Gasteiger partial charge in [0.15, 0.2) is 11.5 Å². The summed E-state index contributed by atoms with van der Waals surface area (Å²) in [6.45, 7) is 2.23. The van der Waals surface area contributed by atoms with Crippen LogP contribution in [0, 0.1) is 23.0 Å². The Bertz CT molecular complexity index is 1340. The average Bonchev–Trinajstić information content (AvgIpc) is 3.33. The zero-order valence-electron chi connectivity index (χ0n) is 19.3. The minimum Gasteiger partial charge on any atom is -0.493 e. The van der Waals surface area contributed by atoms with E-state index in [-0.39, 0.29) is 28.5 Å². The minimum atomic E-state index is -0.323. The fourth-order valence-electron chi connectivity index (χ4n) is 5.13. The van der Waals surface area contributed by atoms with Crippen molar-refractivity contribution in [3.05, 3.63) is 103 Å². The van der Waals surface area contributed by atoms with Crippen molar-refractivity contribution in [3.63, 3.8) is 0 Å². The number of rotatable bonds is 6. The molecule has 0 saturated carbocycles.